The third-order valence-corrected chi connectivity index (χ3v) is 6.11. The van der Waals surface area contributed by atoms with Crippen molar-refractivity contribution in [2.45, 2.75) is 25.9 Å². The quantitative estimate of drug-likeness (QED) is 0.618. The molecule has 0 bridgehead atoms. The first-order chi connectivity index (χ1) is 12.9. The molecular formula is C18H19N5O2S2. The van der Waals surface area contributed by atoms with E-state index >= 15 is 0 Å². The van der Waals surface area contributed by atoms with Crippen LogP contribution in [0.25, 0.3) is 5.69 Å². The van der Waals surface area contributed by atoms with Crippen LogP contribution in [0, 0.1) is 20.8 Å². The van der Waals surface area contributed by atoms with Crippen molar-refractivity contribution in [3.63, 3.8) is 0 Å². The normalized spacial score (nSPS) is 10.8. The van der Waals surface area contributed by atoms with Gasteiger partial charge in [-0.2, -0.15) is 0 Å². The van der Waals surface area contributed by atoms with E-state index in [2.05, 4.69) is 15.5 Å². The summed E-state index contributed by atoms with van der Waals surface area (Å²) in [6.07, 6.45) is 1.61. The van der Waals surface area contributed by atoms with Crippen molar-refractivity contribution in [2.75, 3.05) is 11.1 Å². The predicted octanol–water partition coefficient (Wildman–Crippen LogP) is 3.08. The maximum Gasteiger partial charge on any atom is 0.251 e. The summed E-state index contributed by atoms with van der Waals surface area (Å²) in [5.74, 6) is -0.639. The fourth-order valence-electron chi connectivity index (χ4n) is 2.51. The average molecular weight is 402 g/mol. The number of primary amides is 1. The number of benzene rings is 1. The fourth-order valence-corrected chi connectivity index (χ4v) is 4.32. The maximum atomic E-state index is 12.4. The molecule has 0 saturated heterocycles. The first kappa shape index (κ1) is 19.1. The molecule has 7 nitrogen and oxygen atoms in total. The number of nitrogens with zero attached hydrogens (tertiary/aromatic N) is 3. The lowest BCUT2D eigenvalue weighted by molar-refractivity contribution is -0.113. The van der Waals surface area contributed by atoms with E-state index in [1.807, 2.05) is 49.6 Å². The Balaban J connectivity index is 1.69. The monoisotopic (exact) mass is 401 g/mol. The van der Waals surface area contributed by atoms with E-state index in [0.29, 0.717) is 15.7 Å². The Labute approximate surface area is 165 Å². The number of thiophene rings is 1. The molecule has 3 rings (SSSR count). The number of nitrogens with one attached hydrogen (secondary N) is 1. The minimum Gasteiger partial charge on any atom is -0.365 e. The first-order valence-corrected chi connectivity index (χ1v) is 9.96. The largest absolute Gasteiger partial charge is 0.365 e. The maximum absolute atomic E-state index is 12.4. The molecule has 3 N–H and O–H groups in total. The van der Waals surface area contributed by atoms with Crippen molar-refractivity contribution in [1.82, 2.24) is 14.8 Å². The fraction of sp³-hybridized carbons (Fsp3) is 0.222. The molecule has 0 unspecified atom stereocenters. The Kier molecular flexibility index (Phi) is 5.62. The van der Waals surface area contributed by atoms with Crippen molar-refractivity contribution >= 4 is 39.9 Å². The number of carbonyl (C=O) groups is 2. The summed E-state index contributed by atoms with van der Waals surface area (Å²) in [5, 5.41) is 11.9. The zero-order valence-electron chi connectivity index (χ0n) is 15.1. The van der Waals surface area contributed by atoms with Gasteiger partial charge in [0.1, 0.15) is 11.3 Å². The summed E-state index contributed by atoms with van der Waals surface area (Å²) in [7, 11) is 0. The second-order valence-electron chi connectivity index (χ2n) is 6.01. The number of nitrogens with two attached hydrogens (primary N) is 1. The highest BCUT2D eigenvalue weighted by Gasteiger charge is 2.19. The van der Waals surface area contributed by atoms with Gasteiger partial charge in [-0.25, -0.2) is 0 Å². The van der Waals surface area contributed by atoms with Gasteiger partial charge >= 0.3 is 0 Å². The van der Waals surface area contributed by atoms with Crippen molar-refractivity contribution in [1.29, 1.82) is 0 Å². The number of carbonyl (C=O) groups excluding carboxylic acids is 2. The van der Waals surface area contributed by atoms with Crippen LogP contribution in [-0.2, 0) is 4.79 Å². The summed E-state index contributed by atoms with van der Waals surface area (Å²) < 4.78 is 1.83. The van der Waals surface area contributed by atoms with Gasteiger partial charge in [-0.05, 0) is 38.5 Å². The van der Waals surface area contributed by atoms with Gasteiger partial charge in [0.25, 0.3) is 5.91 Å². The molecule has 0 aliphatic rings. The second-order valence-corrected chi connectivity index (χ2v) is 8.17. The van der Waals surface area contributed by atoms with Gasteiger partial charge in [-0.3, -0.25) is 14.2 Å². The second kappa shape index (κ2) is 7.93. The average Bonchev–Trinajstić information content (AvgIpc) is 3.18. The molecule has 2 heterocycles. The molecule has 3 aromatic rings. The lowest BCUT2D eigenvalue weighted by Gasteiger charge is -2.07. The number of anilines is 1. The molecule has 0 radical (unpaired) electrons. The summed E-state index contributed by atoms with van der Waals surface area (Å²) in [5.41, 5.74) is 8.70. The van der Waals surface area contributed by atoms with Crippen molar-refractivity contribution in [2.24, 2.45) is 5.73 Å². The van der Waals surface area contributed by atoms with Crippen LogP contribution in [0.4, 0.5) is 5.00 Å². The Morgan fingerprint density at radius 3 is 2.59 bits per heavy atom. The van der Waals surface area contributed by atoms with E-state index < -0.39 is 5.91 Å². The third-order valence-electron chi connectivity index (χ3n) is 4.05. The van der Waals surface area contributed by atoms with Crippen LogP contribution in [0.15, 0.2) is 35.7 Å². The number of thioether (sulfide) groups is 1. The molecule has 9 heteroatoms. The molecule has 0 spiro atoms. The Morgan fingerprint density at radius 1 is 1.22 bits per heavy atom. The number of hydrogen-bond acceptors (Lipinski definition) is 6. The smallest absolute Gasteiger partial charge is 0.251 e. The molecule has 0 aliphatic heterocycles. The number of rotatable bonds is 6. The van der Waals surface area contributed by atoms with Gasteiger partial charge in [-0.1, -0.05) is 29.5 Å². The molecule has 0 fully saturated rings. The third kappa shape index (κ3) is 4.20. The topological polar surface area (TPSA) is 103 Å². The van der Waals surface area contributed by atoms with Crippen molar-refractivity contribution in [3.05, 3.63) is 52.2 Å². The van der Waals surface area contributed by atoms with Gasteiger partial charge in [-0.15, -0.1) is 21.5 Å². The molecular weight excluding hydrogens is 382 g/mol. The summed E-state index contributed by atoms with van der Waals surface area (Å²) in [6.45, 7) is 5.73. The number of aromatic nitrogens is 3. The van der Waals surface area contributed by atoms with E-state index in [-0.39, 0.29) is 11.7 Å². The summed E-state index contributed by atoms with van der Waals surface area (Å²) in [6, 6.07) is 7.95. The highest BCUT2D eigenvalue weighted by atomic mass is 32.2. The Morgan fingerprint density at radius 2 is 1.93 bits per heavy atom. The Hall–Kier alpha value is -2.65. The molecule has 0 saturated carbocycles. The molecule has 2 aromatic heterocycles. The van der Waals surface area contributed by atoms with Crippen LogP contribution < -0.4 is 11.1 Å². The minimum atomic E-state index is -0.543. The lowest BCUT2D eigenvalue weighted by Crippen LogP contribution is -2.18. The van der Waals surface area contributed by atoms with Crippen molar-refractivity contribution < 1.29 is 9.59 Å². The van der Waals surface area contributed by atoms with E-state index in [1.54, 1.807) is 6.33 Å². The zero-order valence-corrected chi connectivity index (χ0v) is 16.8. The van der Waals surface area contributed by atoms with Gasteiger partial charge in [0.2, 0.25) is 5.91 Å². The number of amides is 2. The van der Waals surface area contributed by atoms with Gasteiger partial charge in [0, 0.05) is 10.6 Å². The zero-order chi connectivity index (χ0) is 19.6. The highest BCUT2D eigenvalue weighted by Crippen LogP contribution is 2.32. The minimum absolute atomic E-state index is 0.138. The molecule has 140 valence electrons. The molecule has 1 aromatic carbocycles. The SMILES string of the molecule is Cc1ccc(-n2cnnc2SCC(=O)Nc2sc(C)c(C)c2C(N)=O)cc1. The van der Waals surface area contributed by atoms with E-state index in [9.17, 15) is 9.59 Å². The van der Waals surface area contributed by atoms with E-state index in [1.165, 1.54) is 23.1 Å². The van der Waals surface area contributed by atoms with E-state index in [4.69, 9.17) is 5.73 Å². The molecule has 27 heavy (non-hydrogen) atoms. The van der Waals surface area contributed by atoms with Gasteiger partial charge < -0.3 is 11.1 Å². The van der Waals surface area contributed by atoms with Crippen LogP contribution >= 0.6 is 23.1 Å². The van der Waals surface area contributed by atoms with Crippen LogP contribution in [0.2, 0.25) is 0 Å². The standard InChI is InChI=1S/C18H19N5O2S2/c1-10-4-6-13(7-5-10)23-9-20-22-18(23)26-8-14(24)21-17-15(16(19)25)11(2)12(3)27-17/h4-7,9H,8H2,1-3H3,(H2,19,25)(H,21,24). The molecule has 0 aliphatic carbocycles. The highest BCUT2D eigenvalue weighted by molar-refractivity contribution is 7.99. The van der Waals surface area contributed by atoms with Crippen LogP contribution in [-0.4, -0.2) is 32.3 Å². The van der Waals surface area contributed by atoms with Crippen molar-refractivity contribution in [3.8, 4) is 5.69 Å². The first-order valence-electron chi connectivity index (χ1n) is 8.16. The van der Waals surface area contributed by atoms with Crippen LogP contribution in [0.5, 0.6) is 0 Å². The van der Waals surface area contributed by atoms with Crippen LogP contribution in [0.1, 0.15) is 26.4 Å². The Bertz CT molecular complexity index is 992. The van der Waals surface area contributed by atoms with Gasteiger partial charge in [0.15, 0.2) is 5.16 Å². The summed E-state index contributed by atoms with van der Waals surface area (Å²) in [4.78, 5) is 25.0. The van der Waals surface area contributed by atoms with Crippen LogP contribution in [0.3, 0.4) is 0 Å². The predicted molar refractivity (Wildman–Crippen MR) is 108 cm³/mol. The number of hydrogen-bond donors (Lipinski definition) is 2. The lowest BCUT2D eigenvalue weighted by atomic mass is 10.1. The molecule has 2 amide bonds. The molecule has 0 atom stereocenters. The van der Waals surface area contributed by atoms with E-state index in [0.717, 1.165) is 21.7 Å². The summed E-state index contributed by atoms with van der Waals surface area (Å²) >= 11 is 2.62. The number of aryl methyl sites for hydroxylation is 2. The van der Waals surface area contributed by atoms with Gasteiger partial charge in [0.05, 0.1) is 11.3 Å².